The lowest BCUT2D eigenvalue weighted by molar-refractivity contribution is 0.160. The molecule has 0 aliphatic heterocycles. The van der Waals surface area contributed by atoms with Crippen molar-refractivity contribution in [2.24, 2.45) is 5.16 Å². The molecule has 0 fully saturated rings. The summed E-state index contributed by atoms with van der Waals surface area (Å²) < 4.78 is 23.7. The molecule has 17 heavy (non-hydrogen) atoms. The van der Waals surface area contributed by atoms with Gasteiger partial charge < -0.3 is 4.84 Å². The number of hydrogen-bond acceptors (Lipinski definition) is 4. The molecule has 0 aliphatic rings. The first-order valence-corrected chi connectivity index (χ1v) is 7.15. The van der Waals surface area contributed by atoms with Gasteiger partial charge >= 0.3 is 0 Å². The first-order chi connectivity index (χ1) is 8.01. The van der Waals surface area contributed by atoms with Crippen molar-refractivity contribution in [2.45, 2.75) is 25.7 Å². The fraction of sp³-hybridized carbons (Fsp3) is 0.417. The van der Waals surface area contributed by atoms with Crippen LogP contribution in [0.3, 0.4) is 0 Å². The van der Waals surface area contributed by atoms with Crippen molar-refractivity contribution in [1.29, 1.82) is 0 Å². The lowest BCUT2D eigenvalue weighted by Crippen LogP contribution is -2.06. The van der Waals surface area contributed by atoms with Gasteiger partial charge in [-0.05, 0) is 31.0 Å². The van der Waals surface area contributed by atoms with Crippen LogP contribution in [0.1, 0.15) is 25.0 Å². The van der Waals surface area contributed by atoms with Crippen LogP contribution in [-0.4, -0.2) is 27.0 Å². The number of benzene rings is 1. The second-order valence-corrected chi connectivity index (χ2v) is 5.83. The number of oxime groups is 1. The van der Waals surface area contributed by atoms with Gasteiger partial charge in [-0.3, -0.25) is 0 Å². The van der Waals surface area contributed by atoms with E-state index in [4.69, 9.17) is 4.84 Å². The maximum atomic E-state index is 11.8. The molecule has 94 valence electrons. The van der Waals surface area contributed by atoms with Gasteiger partial charge in [-0.25, -0.2) is 8.42 Å². The molecular formula is C12H17NO3S. The van der Waals surface area contributed by atoms with Crippen molar-refractivity contribution < 1.29 is 13.3 Å². The summed E-state index contributed by atoms with van der Waals surface area (Å²) in [7, 11) is -3.18. The molecule has 1 rings (SSSR count). The molecule has 0 bridgehead atoms. The monoisotopic (exact) mass is 255 g/mol. The largest absolute Gasteiger partial charge is 0.396 e. The second-order valence-electron chi connectivity index (χ2n) is 3.58. The zero-order valence-corrected chi connectivity index (χ0v) is 11.1. The van der Waals surface area contributed by atoms with Gasteiger partial charge in [0.15, 0.2) is 9.84 Å². The van der Waals surface area contributed by atoms with E-state index in [0.717, 1.165) is 11.1 Å². The van der Waals surface area contributed by atoms with E-state index in [1.54, 1.807) is 26.0 Å². The highest BCUT2D eigenvalue weighted by molar-refractivity contribution is 7.91. The van der Waals surface area contributed by atoms with E-state index in [1.807, 2.05) is 13.0 Å². The minimum atomic E-state index is -3.18. The Morgan fingerprint density at radius 2 is 2.06 bits per heavy atom. The van der Waals surface area contributed by atoms with E-state index in [2.05, 4.69) is 5.16 Å². The summed E-state index contributed by atoms with van der Waals surface area (Å²) >= 11 is 0. The summed E-state index contributed by atoms with van der Waals surface area (Å²) in [5.74, 6) is 0.0971. The average molecular weight is 255 g/mol. The predicted octanol–water partition coefficient (Wildman–Crippen LogP) is 2.16. The van der Waals surface area contributed by atoms with Gasteiger partial charge in [-0.15, -0.1) is 0 Å². The highest BCUT2D eigenvalue weighted by Crippen LogP contribution is 2.17. The lowest BCUT2D eigenvalue weighted by Gasteiger charge is -2.06. The first kappa shape index (κ1) is 13.7. The first-order valence-electron chi connectivity index (χ1n) is 5.50. The quantitative estimate of drug-likeness (QED) is 0.598. The second kappa shape index (κ2) is 5.82. The fourth-order valence-corrected chi connectivity index (χ4v) is 2.55. The van der Waals surface area contributed by atoms with Gasteiger partial charge in [0.05, 0.1) is 16.9 Å². The third kappa shape index (κ3) is 3.56. The summed E-state index contributed by atoms with van der Waals surface area (Å²) in [6, 6.07) is 5.21. The van der Waals surface area contributed by atoms with Crippen LogP contribution in [0.2, 0.25) is 0 Å². The molecule has 0 spiro atoms. The molecule has 0 aromatic heterocycles. The summed E-state index contributed by atoms with van der Waals surface area (Å²) in [4.78, 5) is 5.20. The van der Waals surface area contributed by atoms with Gasteiger partial charge in [-0.2, -0.15) is 0 Å². The third-order valence-electron chi connectivity index (χ3n) is 2.33. The van der Waals surface area contributed by atoms with Crippen LogP contribution in [-0.2, 0) is 14.7 Å². The van der Waals surface area contributed by atoms with E-state index in [0.29, 0.717) is 11.5 Å². The molecule has 0 saturated carbocycles. The normalized spacial score (nSPS) is 11.9. The van der Waals surface area contributed by atoms with Crippen LogP contribution in [0.15, 0.2) is 28.3 Å². The summed E-state index contributed by atoms with van der Waals surface area (Å²) in [6.45, 7) is 5.74. The molecule has 0 aliphatic carbocycles. The number of aryl methyl sites for hydroxylation is 1. The highest BCUT2D eigenvalue weighted by Gasteiger charge is 2.14. The molecule has 0 unspecified atom stereocenters. The Balaban J connectivity index is 3.12. The number of sulfone groups is 1. The Bertz CT molecular complexity index is 506. The van der Waals surface area contributed by atoms with Gasteiger partial charge in [0.2, 0.25) is 0 Å². The zero-order valence-electron chi connectivity index (χ0n) is 10.3. The summed E-state index contributed by atoms with van der Waals surface area (Å²) in [5.41, 5.74) is 1.47. The summed E-state index contributed by atoms with van der Waals surface area (Å²) in [5, 5.41) is 3.72. The molecule has 1 aromatic carbocycles. The topological polar surface area (TPSA) is 55.7 Å². The molecule has 0 amide bonds. The predicted molar refractivity (Wildman–Crippen MR) is 68.1 cm³/mol. The van der Waals surface area contributed by atoms with Crippen LogP contribution in [0.5, 0.6) is 0 Å². The lowest BCUT2D eigenvalue weighted by atomic mass is 10.2. The molecule has 1 aromatic rings. The van der Waals surface area contributed by atoms with E-state index in [1.165, 1.54) is 6.21 Å². The standard InChI is InChI=1S/C12H17NO3S/c1-4-16-13-9-11-7-6-10(3)12(8-11)17(14,15)5-2/h6-9H,4-5H2,1-3H3/b13-9+. The number of nitrogens with zero attached hydrogens (tertiary/aromatic N) is 1. The maximum absolute atomic E-state index is 11.8. The Kier molecular flexibility index (Phi) is 4.69. The molecular weight excluding hydrogens is 238 g/mol. The molecule has 0 N–H and O–H groups in total. The van der Waals surface area contributed by atoms with Crippen molar-refractivity contribution in [3.8, 4) is 0 Å². The molecule has 5 heteroatoms. The smallest absolute Gasteiger partial charge is 0.178 e. The Morgan fingerprint density at radius 1 is 1.35 bits per heavy atom. The van der Waals surface area contributed by atoms with Crippen LogP contribution in [0, 0.1) is 6.92 Å². The molecule has 0 saturated heterocycles. The van der Waals surface area contributed by atoms with E-state index >= 15 is 0 Å². The Labute approximate surface area is 102 Å². The van der Waals surface area contributed by atoms with Crippen LogP contribution in [0.4, 0.5) is 0 Å². The van der Waals surface area contributed by atoms with Crippen molar-refractivity contribution in [2.75, 3.05) is 12.4 Å². The Morgan fingerprint density at radius 3 is 2.65 bits per heavy atom. The van der Waals surface area contributed by atoms with Gasteiger partial charge in [0.1, 0.15) is 6.61 Å². The molecule has 4 nitrogen and oxygen atoms in total. The minimum absolute atomic E-state index is 0.0971. The molecule has 0 heterocycles. The van der Waals surface area contributed by atoms with Crippen molar-refractivity contribution in [3.05, 3.63) is 29.3 Å². The molecule has 0 radical (unpaired) electrons. The SMILES string of the molecule is CCO/N=C/c1ccc(C)c(S(=O)(=O)CC)c1. The van der Waals surface area contributed by atoms with Crippen LogP contribution in [0.25, 0.3) is 0 Å². The van der Waals surface area contributed by atoms with E-state index < -0.39 is 9.84 Å². The van der Waals surface area contributed by atoms with E-state index in [9.17, 15) is 8.42 Å². The van der Waals surface area contributed by atoms with Gasteiger partial charge in [-0.1, -0.05) is 24.2 Å². The minimum Gasteiger partial charge on any atom is -0.396 e. The summed E-state index contributed by atoms with van der Waals surface area (Å²) in [6.07, 6.45) is 1.51. The Hall–Kier alpha value is -1.36. The van der Waals surface area contributed by atoms with Crippen molar-refractivity contribution >= 4 is 16.1 Å². The highest BCUT2D eigenvalue weighted by atomic mass is 32.2. The van der Waals surface area contributed by atoms with Crippen molar-refractivity contribution in [1.82, 2.24) is 0 Å². The van der Waals surface area contributed by atoms with Crippen LogP contribution >= 0.6 is 0 Å². The van der Waals surface area contributed by atoms with Gasteiger partial charge in [0, 0.05) is 0 Å². The average Bonchev–Trinajstić information content (AvgIpc) is 2.31. The third-order valence-corrected chi connectivity index (χ3v) is 4.20. The zero-order chi connectivity index (χ0) is 12.9. The maximum Gasteiger partial charge on any atom is 0.178 e. The van der Waals surface area contributed by atoms with Gasteiger partial charge in [0.25, 0.3) is 0 Å². The number of rotatable bonds is 5. The fourth-order valence-electron chi connectivity index (χ4n) is 1.36. The number of hydrogen-bond donors (Lipinski definition) is 0. The van der Waals surface area contributed by atoms with Crippen molar-refractivity contribution in [3.63, 3.8) is 0 Å². The van der Waals surface area contributed by atoms with E-state index in [-0.39, 0.29) is 5.75 Å². The van der Waals surface area contributed by atoms with Crippen LogP contribution < -0.4 is 0 Å². The molecule has 0 atom stereocenters.